The minimum Gasteiger partial charge on any atom is -0.329 e. The highest BCUT2D eigenvalue weighted by Crippen LogP contribution is 1.72. The summed E-state index contributed by atoms with van der Waals surface area (Å²) in [6, 6.07) is 0. The van der Waals surface area contributed by atoms with Crippen molar-refractivity contribution in [3.05, 3.63) is 12.4 Å². The van der Waals surface area contributed by atoms with Crippen LogP contribution in [0.5, 0.6) is 0 Å². The Bertz CT molecular complexity index is 138. The maximum atomic E-state index is 5.22. The first-order valence-corrected chi connectivity index (χ1v) is 2.47. The van der Waals surface area contributed by atoms with Crippen molar-refractivity contribution < 1.29 is 0 Å². The van der Waals surface area contributed by atoms with Gasteiger partial charge in [0.25, 0.3) is 0 Å². The van der Waals surface area contributed by atoms with E-state index in [1.807, 2.05) is 0 Å². The van der Waals surface area contributed by atoms with Gasteiger partial charge >= 0.3 is 0 Å². The van der Waals surface area contributed by atoms with Gasteiger partial charge in [0, 0.05) is 6.54 Å². The second kappa shape index (κ2) is 4.29. The fourth-order valence-electron chi connectivity index (χ4n) is 0.474. The van der Waals surface area contributed by atoms with Gasteiger partial charge in [0.2, 0.25) is 0 Å². The third-order valence-electron chi connectivity index (χ3n) is 0.796. The molecule has 0 bridgehead atoms. The molecule has 52 valence electrons. The fourth-order valence-corrected chi connectivity index (χ4v) is 0.474. The summed E-state index contributed by atoms with van der Waals surface area (Å²) in [6.07, 6.45) is 3.27. The molecule has 9 heavy (non-hydrogen) atoms. The molecule has 1 rings (SSSR count). The van der Waals surface area contributed by atoms with Crippen molar-refractivity contribution in [2.45, 2.75) is 6.54 Å². The van der Waals surface area contributed by atoms with E-state index in [9.17, 15) is 0 Å². The Labute approximate surface area is 59.4 Å². The molecule has 1 aromatic heterocycles. The van der Waals surface area contributed by atoms with Gasteiger partial charge < -0.3 is 5.73 Å². The Balaban J connectivity index is 0.000000640. The highest BCUT2D eigenvalue weighted by Gasteiger charge is 1.84. The monoisotopic (exact) mass is 148 g/mol. The van der Waals surface area contributed by atoms with Crippen molar-refractivity contribution >= 4 is 12.4 Å². The molecule has 1 heterocycles. The van der Waals surface area contributed by atoms with Crippen LogP contribution in [0.25, 0.3) is 0 Å². The average Bonchev–Trinajstić information content (AvgIpc) is 2.19. The maximum Gasteiger partial charge on any atom is 0.0729 e. The van der Waals surface area contributed by atoms with Crippen LogP contribution in [0.4, 0.5) is 0 Å². The normalized spacial score (nSPS) is 8.56. The third kappa shape index (κ3) is 2.43. The van der Waals surface area contributed by atoms with E-state index in [2.05, 4.69) is 10.2 Å². The average molecular weight is 149 g/mol. The Hall–Kier alpha value is -0.610. The van der Waals surface area contributed by atoms with Crippen molar-refractivity contribution in [1.29, 1.82) is 0 Å². The van der Waals surface area contributed by atoms with E-state index in [0.717, 1.165) is 0 Å². The SMILES string of the molecule is Cl.NCCn1nccn1. The van der Waals surface area contributed by atoms with Crippen LogP contribution in [0.2, 0.25) is 0 Å². The summed E-state index contributed by atoms with van der Waals surface area (Å²) < 4.78 is 0. The zero-order valence-electron chi connectivity index (χ0n) is 4.90. The summed E-state index contributed by atoms with van der Waals surface area (Å²) in [5, 5.41) is 7.66. The van der Waals surface area contributed by atoms with Crippen molar-refractivity contribution in [3.8, 4) is 0 Å². The molecular formula is C4H9ClN4. The van der Waals surface area contributed by atoms with Gasteiger partial charge in [-0.1, -0.05) is 0 Å². The lowest BCUT2D eigenvalue weighted by Crippen LogP contribution is -2.11. The Morgan fingerprint density at radius 1 is 1.33 bits per heavy atom. The van der Waals surface area contributed by atoms with Crippen molar-refractivity contribution in [3.63, 3.8) is 0 Å². The minimum absolute atomic E-state index is 0. The lowest BCUT2D eigenvalue weighted by atomic mass is 10.7. The second-order valence-electron chi connectivity index (χ2n) is 1.41. The number of hydrogen-bond donors (Lipinski definition) is 1. The zero-order chi connectivity index (χ0) is 5.82. The van der Waals surface area contributed by atoms with E-state index in [1.165, 1.54) is 0 Å². The summed E-state index contributed by atoms with van der Waals surface area (Å²) in [5.74, 6) is 0. The lowest BCUT2D eigenvalue weighted by Gasteiger charge is -1.90. The van der Waals surface area contributed by atoms with E-state index in [1.54, 1.807) is 17.2 Å². The molecule has 0 aliphatic heterocycles. The van der Waals surface area contributed by atoms with Gasteiger partial charge in [-0.15, -0.1) is 12.4 Å². The predicted octanol–water partition coefficient (Wildman–Crippen LogP) is -0.341. The first-order valence-electron chi connectivity index (χ1n) is 2.47. The molecule has 1 aromatic rings. The summed E-state index contributed by atoms with van der Waals surface area (Å²) >= 11 is 0. The van der Waals surface area contributed by atoms with Crippen LogP contribution in [0.1, 0.15) is 0 Å². The largest absolute Gasteiger partial charge is 0.329 e. The highest BCUT2D eigenvalue weighted by atomic mass is 35.5. The number of aromatic nitrogens is 3. The van der Waals surface area contributed by atoms with Crippen LogP contribution in [0.3, 0.4) is 0 Å². The molecule has 2 N–H and O–H groups in total. The summed E-state index contributed by atoms with van der Waals surface area (Å²) in [6.45, 7) is 1.29. The standard InChI is InChI=1S/C4H8N4.ClH/c5-1-4-8-6-2-3-7-8;/h2-3H,1,4-5H2;1H. The molecular weight excluding hydrogens is 140 g/mol. The molecule has 0 unspecified atom stereocenters. The van der Waals surface area contributed by atoms with Gasteiger partial charge in [-0.3, -0.25) is 0 Å². The topological polar surface area (TPSA) is 56.7 Å². The van der Waals surface area contributed by atoms with Gasteiger partial charge in [-0.25, -0.2) is 0 Å². The Morgan fingerprint density at radius 2 is 1.89 bits per heavy atom. The van der Waals surface area contributed by atoms with Gasteiger partial charge in [-0.2, -0.15) is 15.0 Å². The number of halogens is 1. The number of rotatable bonds is 2. The molecule has 0 aliphatic carbocycles. The van der Waals surface area contributed by atoms with Gasteiger partial charge in [-0.05, 0) is 0 Å². The van der Waals surface area contributed by atoms with Crippen molar-refractivity contribution in [2.24, 2.45) is 5.73 Å². The summed E-state index contributed by atoms with van der Waals surface area (Å²) in [4.78, 5) is 1.56. The van der Waals surface area contributed by atoms with E-state index >= 15 is 0 Å². The van der Waals surface area contributed by atoms with Crippen molar-refractivity contribution in [1.82, 2.24) is 15.0 Å². The maximum absolute atomic E-state index is 5.22. The molecule has 0 saturated heterocycles. The van der Waals surface area contributed by atoms with E-state index in [-0.39, 0.29) is 12.4 Å². The highest BCUT2D eigenvalue weighted by molar-refractivity contribution is 5.85. The molecule has 5 heteroatoms. The van der Waals surface area contributed by atoms with E-state index in [4.69, 9.17) is 5.73 Å². The lowest BCUT2D eigenvalue weighted by molar-refractivity contribution is 0.546. The zero-order valence-corrected chi connectivity index (χ0v) is 5.71. The number of hydrogen-bond acceptors (Lipinski definition) is 3. The van der Waals surface area contributed by atoms with Gasteiger partial charge in [0.15, 0.2) is 0 Å². The molecule has 0 aromatic carbocycles. The third-order valence-corrected chi connectivity index (χ3v) is 0.796. The van der Waals surface area contributed by atoms with Gasteiger partial charge in [0.05, 0.1) is 18.9 Å². The smallest absolute Gasteiger partial charge is 0.0729 e. The van der Waals surface area contributed by atoms with Crippen LogP contribution in [0, 0.1) is 0 Å². The van der Waals surface area contributed by atoms with Crippen LogP contribution in [-0.2, 0) is 6.54 Å². The van der Waals surface area contributed by atoms with Crippen LogP contribution < -0.4 is 5.73 Å². The number of nitrogens with two attached hydrogens (primary N) is 1. The molecule has 0 atom stereocenters. The quantitative estimate of drug-likeness (QED) is 0.624. The van der Waals surface area contributed by atoms with Crippen LogP contribution in [0.15, 0.2) is 12.4 Å². The second-order valence-corrected chi connectivity index (χ2v) is 1.41. The first-order chi connectivity index (χ1) is 3.93. The van der Waals surface area contributed by atoms with E-state index < -0.39 is 0 Å². The Morgan fingerprint density at radius 3 is 2.33 bits per heavy atom. The summed E-state index contributed by atoms with van der Waals surface area (Å²) in [7, 11) is 0. The molecule has 0 fully saturated rings. The molecule has 0 amide bonds. The van der Waals surface area contributed by atoms with Crippen LogP contribution in [-0.4, -0.2) is 21.5 Å². The minimum atomic E-state index is 0. The molecule has 0 radical (unpaired) electrons. The first kappa shape index (κ1) is 8.39. The fraction of sp³-hybridized carbons (Fsp3) is 0.500. The molecule has 0 saturated carbocycles. The molecule has 0 aliphatic rings. The molecule has 0 spiro atoms. The van der Waals surface area contributed by atoms with Gasteiger partial charge in [0.1, 0.15) is 0 Å². The number of nitrogens with zero attached hydrogens (tertiary/aromatic N) is 3. The Kier molecular flexibility index (Phi) is 4.00. The van der Waals surface area contributed by atoms with E-state index in [0.29, 0.717) is 13.1 Å². The van der Waals surface area contributed by atoms with Crippen molar-refractivity contribution in [2.75, 3.05) is 6.54 Å². The predicted molar refractivity (Wildman–Crippen MR) is 36.3 cm³/mol. The van der Waals surface area contributed by atoms with Crippen LogP contribution >= 0.6 is 12.4 Å². The molecule has 4 nitrogen and oxygen atoms in total. The summed E-state index contributed by atoms with van der Waals surface area (Å²) in [5.41, 5.74) is 5.22.